The first kappa shape index (κ1) is 15.6. The van der Waals surface area contributed by atoms with Crippen LogP contribution in [0.1, 0.15) is 18.4 Å². The molecule has 0 spiro atoms. The predicted molar refractivity (Wildman–Crippen MR) is 79.9 cm³/mol. The first-order valence-corrected chi connectivity index (χ1v) is 6.98. The minimum Gasteiger partial charge on any atom is -0.493 e. The van der Waals surface area contributed by atoms with Crippen LogP contribution in [0.25, 0.3) is 0 Å². The summed E-state index contributed by atoms with van der Waals surface area (Å²) in [7, 11) is 3.14. The predicted octanol–water partition coefficient (Wildman–Crippen LogP) is 1.46. The molecule has 1 aliphatic heterocycles. The van der Waals surface area contributed by atoms with Gasteiger partial charge in [-0.1, -0.05) is 0 Å². The zero-order valence-electron chi connectivity index (χ0n) is 12.6. The number of benzene rings is 1. The van der Waals surface area contributed by atoms with Crippen molar-refractivity contribution in [2.75, 3.05) is 26.1 Å². The van der Waals surface area contributed by atoms with Gasteiger partial charge in [-0.3, -0.25) is 4.79 Å². The zero-order valence-corrected chi connectivity index (χ0v) is 12.6. The van der Waals surface area contributed by atoms with Crippen LogP contribution in [0.5, 0.6) is 11.5 Å². The van der Waals surface area contributed by atoms with Crippen molar-refractivity contribution in [3.63, 3.8) is 0 Å². The van der Waals surface area contributed by atoms with Crippen molar-refractivity contribution in [1.82, 2.24) is 0 Å². The van der Waals surface area contributed by atoms with Gasteiger partial charge in [0.2, 0.25) is 0 Å². The number of nitrogens with two attached hydrogens (primary N) is 1. The molecule has 1 aromatic carbocycles. The van der Waals surface area contributed by atoms with Gasteiger partial charge in [0, 0.05) is 18.3 Å². The SMILES string of the molecule is COc1cc(C)c(NC(=O)[C@@H]2CC[C@H](CN)O2)cc1OC. The summed E-state index contributed by atoms with van der Waals surface area (Å²) in [5, 5.41) is 2.88. The first-order valence-electron chi connectivity index (χ1n) is 6.98. The van der Waals surface area contributed by atoms with E-state index in [0.29, 0.717) is 30.2 Å². The molecule has 2 atom stereocenters. The quantitative estimate of drug-likeness (QED) is 0.859. The Morgan fingerprint density at radius 2 is 2.00 bits per heavy atom. The molecule has 0 radical (unpaired) electrons. The van der Waals surface area contributed by atoms with Crippen LogP contribution >= 0.6 is 0 Å². The van der Waals surface area contributed by atoms with Crippen LogP contribution < -0.4 is 20.5 Å². The van der Waals surface area contributed by atoms with Crippen LogP contribution in [0.2, 0.25) is 0 Å². The maximum absolute atomic E-state index is 12.2. The van der Waals surface area contributed by atoms with Crippen LogP contribution in [0.4, 0.5) is 5.69 Å². The Hall–Kier alpha value is -1.79. The van der Waals surface area contributed by atoms with Gasteiger partial charge in [-0.15, -0.1) is 0 Å². The van der Waals surface area contributed by atoms with Gasteiger partial charge in [0.25, 0.3) is 5.91 Å². The van der Waals surface area contributed by atoms with E-state index < -0.39 is 6.10 Å². The summed E-state index contributed by atoms with van der Waals surface area (Å²) in [4.78, 5) is 12.2. The lowest BCUT2D eigenvalue weighted by atomic mass is 10.1. The van der Waals surface area contributed by atoms with Gasteiger partial charge in [0.15, 0.2) is 11.5 Å². The number of ether oxygens (including phenoxy) is 3. The average molecular weight is 294 g/mol. The molecule has 0 unspecified atom stereocenters. The molecule has 6 heteroatoms. The molecule has 0 aromatic heterocycles. The summed E-state index contributed by atoms with van der Waals surface area (Å²) in [5.74, 6) is 1.06. The number of methoxy groups -OCH3 is 2. The topological polar surface area (TPSA) is 82.8 Å². The lowest BCUT2D eigenvalue weighted by molar-refractivity contribution is -0.126. The maximum atomic E-state index is 12.2. The summed E-state index contributed by atoms with van der Waals surface area (Å²) in [6, 6.07) is 3.58. The molecule has 21 heavy (non-hydrogen) atoms. The van der Waals surface area contributed by atoms with Crippen molar-refractivity contribution >= 4 is 11.6 Å². The number of hydrogen-bond donors (Lipinski definition) is 2. The number of aryl methyl sites for hydroxylation is 1. The summed E-state index contributed by atoms with van der Waals surface area (Å²) < 4.78 is 16.1. The number of amides is 1. The fourth-order valence-electron chi connectivity index (χ4n) is 2.40. The molecule has 0 bridgehead atoms. The highest BCUT2D eigenvalue weighted by Crippen LogP contribution is 2.33. The molecule has 1 amide bonds. The van der Waals surface area contributed by atoms with Crippen molar-refractivity contribution < 1.29 is 19.0 Å². The molecule has 1 fully saturated rings. The minimum absolute atomic E-state index is 0.0211. The normalized spacial score (nSPS) is 21.1. The van der Waals surface area contributed by atoms with Crippen LogP contribution in [-0.2, 0) is 9.53 Å². The smallest absolute Gasteiger partial charge is 0.253 e. The van der Waals surface area contributed by atoms with E-state index in [-0.39, 0.29) is 12.0 Å². The highest BCUT2D eigenvalue weighted by Gasteiger charge is 2.30. The van der Waals surface area contributed by atoms with E-state index in [1.807, 2.05) is 13.0 Å². The monoisotopic (exact) mass is 294 g/mol. The summed E-state index contributed by atoms with van der Waals surface area (Å²) >= 11 is 0. The van der Waals surface area contributed by atoms with Crippen molar-refractivity contribution in [3.8, 4) is 11.5 Å². The summed E-state index contributed by atoms with van der Waals surface area (Å²) in [5.41, 5.74) is 7.15. The number of hydrogen-bond acceptors (Lipinski definition) is 5. The second-order valence-corrected chi connectivity index (χ2v) is 5.07. The van der Waals surface area contributed by atoms with Crippen LogP contribution in [0, 0.1) is 6.92 Å². The highest BCUT2D eigenvalue weighted by molar-refractivity contribution is 5.95. The Morgan fingerprint density at radius 1 is 1.33 bits per heavy atom. The van der Waals surface area contributed by atoms with Crippen LogP contribution in [0.15, 0.2) is 12.1 Å². The molecular formula is C15H22N2O4. The van der Waals surface area contributed by atoms with E-state index in [1.54, 1.807) is 20.3 Å². The maximum Gasteiger partial charge on any atom is 0.253 e. The Labute approximate surface area is 124 Å². The van der Waals surface area contributed by atoms with E-state index in [4.69, 9.17) is 19.9 Å². The molecule has 116 valence electrons. The third kappa shape index (κ3) is 3.46. The molecule has 0 aliphatic carbocycles. The standard InChI is InChI=1S/C15H22N2O4/c1-9-6-13(19-2)14(20-3)7-11(9)17-15(18)12-5-4-10(8-16)21-12/h6-7,10,12H,4-5,8,16H2,1-3H3,(H,17,18)/t10-,12+/m1/s1. The number of nitrogens with one attached hydrogen (secondary N) is 1. The Kier molecular flexibility index (Phi) is 5.03. The van der Waals surface area contributed by atoms with Gasteiger partial charge in [-0.05, 0) is 31.4 Å². The first-order chi connectivity index (χ1) is 10.1. The summed E-state index contributed by atoms with van der Waals surface area (Å²) in [6.07, 6.45) is 1.05. The van der Waals surface area contributed by atoms with Crippen molar-refractivity contribution in [2.45, 2.75) is 32.0 Å². The van der Waals surface area contributed by atoms with Gasteiger partial charge in [0.05, 0.1) is 20.3 Å². The number of carbonyl (C=O) groups excluding carboxylic acids is 1. The van der Waals surface area contributed by atoms with Gasteiger partial charge in [0.1, 0.15) is 6.10 Å². The Balaban J connectivity index is 2.10. The molecule has 1 saturated heterocycles. The minimum atomic E-state index is -0.439. The second-order valence-electron chi connectivity index (χ2n) is 5.07. The summed E-state index contributed by atoms with van der Waals surface area (Å²) in [6.45, 7) is 2.34. The van der Waals surface area contributed by atoms with Crippen LogP contribution in [-0.4, -0.2) is 38.9 Å². The van der Waals surface area contributed by atoms with Gasteiger partial charge in [-0.2, -0.15) is 0 Å². The molecule has 1 aliphatic rings. The Morgan fingerprint density at radius 3 is 2.57 bits per heavy atom. The fraction of sp³-hybridized carbons (Fsp3) is 0.533. The van der Waals surface area contributed by atoms with Gasteiger partial charge >= 0.3 is 0 Å². The third-order valence-corrected chi connectivity index (χ3v) is 3.65. The third-order valence-electron chi connectivity index (χ3n) is 3.65. The van der Waals surface area contributed by atoms with Crippen molar-refractivity contribution in [3.05, 3.63) is 17.7 Å². The largest absolute Gasteiger partial charge is 0.493 e. The zero-order chi connectivity index (χ0) is 15.4. The second kappa shape index (κ2) is 6.78. The molecular weight excluding hydrogens is 272 g/mol. The van der Waals surface area contributed by atoms with E-state index >= 15 is 0 Å². The van der Waals surface area contributed by atoms with Gasteiger partial charge in [-0.25, -0.2) is 0 Å². The van der Waals surface area contributed by atoms with Crippen molar-refractivity contribution in [1.29, 1.82) is 0 Å². The van der Waals surface area contributed by atoms with Crippen LogP contribution in [0.3, 0.4) is 0 Å². The number of rotatable bonds is 5. The van der Waals surface area contributed by atoms with E-state index in [9.17, 15) is 4.79 Å². The van der Waals surface area contributed by atoms with Gasteiger partial charge < -0.3 is 25.3 Å². The molecule has 1 heterocycles. The lowest BCUT2D eigenvalue weighted by Gasteiger charge is -2.16. The van der Waals surface area contributed by atoms with E-state index in [1.165, 1.54) is 0 Å². The highest BCUT2D eigenvalue weighted by atomic mass is 16.5. The number of anilines is 1. The average Bonchev–Trinajstić information content (AvgIpc) is 2.97. The van der Waals surface area contributed by atoms with Crippen molar-refractivity contribution in [2.24, 2.45) is 5.73 Å². The van der Waals surface area contributed by atoms with E-state index in [2.05, 4.69) is 5.32 Å². The molecule has 3 N–H and O–H groups in total. The number of carbonyl (C=O) groups is 1. The fourth-order valence-corrected chi connectivity index (χ4v) is 2.40. The molecule has 0 saturated carbocycles. The molecule has 2 rings (SSSR count). The Bertz CT molecular complexity index is 519. The molecule has 1 aromatic rings. The van der Waals surface area contributed by atoms with E-state index in [0.717, 1.165) is 12.0 Å². The lowest BCUT2D eigenvalue weighted by Crippen LogP contribution is -2.30. The molecule has 6 nitrogen and oxygen atoms in total.